The van der Waals surface area contributed by atoms with Crippen molar-refractivity contribution < 1.29 is 19.3 Å². The number of Topliss-reactive ketones (excluding diaryl/α,β-unsaturated/α-hetero) is 2. The molecule has 0 unspecified atom stereocenters. The Balaban J connectivity index is 1.84. The summed E-state index contributed by atoms with van der Waals surface area (Å²) in [5, 5.41) is 13.9. The van der Waals surface area contributed by atoms with Crippen molar-refractivity contribution in [1.82, 2.24) is 0 Å². The van der Waals surface area contributed by atoms with E-state index < -0.39 is 22.4 Å². The molecule has 2 aromatic carbocycles. The van der Waals surface area contributed by atoms with Crippen molar-refractivity contribution in [2.45, 2.75) is 19.3 Å². The predicted molar refractivity (Wildman–Crippen MR) is 101 cm³/mol. The molecule has 0 saturated heterocycles. The number of ketones is 2. The molecule has 0 aromatic heterocycles. The van der Waals surface area contributed by atoms with Gasteiger partial charge in [0.05, 0.1) is 22.1 Å². The molecule has 0 saturated carbocycles. The number of carbonyl (C=O) groups is 3. The number of rotatable bonds is 8. The third kappa shape index (κ3) is 6.16. The van der Waals surface area contributed by atoms with E-state index in [1.165, 1.54) is 36.4 Å². The molecule has 2 rings (SSSR count). The van der Waals surface area contributed by atoms with Gasteiger partial charge in [-0.15, -0.1) is 0 Å². The first kappa shape index (κ1) is 20.5. The molecule has 0 spiro atoms. The second-order valence-electron chi connectivity index (χ2n) is 5.61. The molecule has 1 amide bonds. The summed E-state index contributed by atoms with van der Waals surface area (Å²) in [7, 11) is 0. The first-order chi connectivity index (χ1) is 12.8. The monoisotopic (exact) mass is 408 g/mol. The Morgan fingerprint density at radius 1 is 1.00 bits per heavy atom. The van der Waals surface area contributed by atoms with Crippen LogP contribution < -0.4 is 5.32 Å². The summed E-state index contributed by atoms with van der Waals surface area (Å²) >= 11 is 11.8. The van der Waals surface area contributed by atoms with Crippen LogP contribution >= 0.6 is 23.2 Å². The molecule has 0 bridgehead atoms. The lowest BCUT2D eigenvalue weighted by molar-refractivity contribution is -0.384. The van der Waals surface area contributed by atoms with Crippen molar-refractivity contribution in [3.8, 4) is 0 Å². The number of nitro benzene ring substituents is 1. The molecule has 9 heteroatoms. The Labute approximate surface area is 164 Å². The topological polar surface area (TPSA) is 106 Å². The van der Waals surface area contributed by atoms with Gasteiger partial charge < -0.3 is 5.32 Å². The predicted octanol–water partition coefficient (Wildman–Crippen LogP) is 4.46. The lowest BCUT2D eigenvalue weighted by atomic mass is 10.0. The van der Waals surface area contributed by atoms with E-state index in [4.69, 9.17) is 23.2 Å². The van der Waals surface area contributed by atoms with Crippen LogP contribution in [0.3, 0.4) is 0 Å². The maximum absolute atomic E-state index is 12.0. The summed E-state index contributed by atoms with van der Waals surface area (Å²) in [5.41, 5.74) is 0.391. The first-order valence-electron chi connectivity index (χ1n) is 7.80. The number of carbonyl (C=O) groups excluding carboxylic acids is 3. The average molecular weight is 409 g/mol. The van der Waals surface area contributed by atoms with Crippen LogP contribution in [0, 0.1) is 10.1 Å². The minimum absolute atomic E-state index is 0.116. The SMILES string of the molecule is O=C(CCC(=O)Nc1cc(Cl)ccc1Cl)CC(=O)c1ccc([N+](=O)[O-])cc1. The van der Waals surface area contributed by atoms with Crippen LogP contribution in [0.25, 0.3) is 0 Å². The van der Waals surface area contributed by atoms with Crippen LogP contribution in [0.2, 0.25) is 10.0 Å². The number of hydrogen-bond donors (Lipinski definition) is 1. The minimum atomic E-state index is -0.579. The fourth-order valence-corrected chi connectivity index (χ4v) is 2.53. The van der Waals surface area contributed by atoms with Gasteiger partial charge in [0.2, 0.25) is 5.91 Å². The number of amides is 1. The summed E-state index contributed by atoms with van der Waals surface area (Å²) in [5.74, 6) is -1.31. The Morgan fingerprint density at radius 3 is 2.30 bits per heavy atom. The van der Waals surface area contributed by atoms with Crippen LogP contribution in [-0.4, -0.2) is 22.4 Å². The number of non-ortho nitro benzene ring substituents is 1. The van der Waals surface area contributed by atoms with E-state index in [0.717, 1.165) is 0 Å². The highest BCUT2D eigenvalue weighted by Crippen LogP contribution is 2.25. The smallest absolute Gasteiger partial charge is 0.269 e. The van der Waals surface area contributed by atoms with Crippen LogP contribution in [0.5, 0.6) is 0 Å². The number of anilines is 1. The molecule has 0 heterocycles. The summed E-state index contributed by atoms with van der Waals surface area (Å²) < 4.78 is 0. The lowest BCUT2D eigenvalue weighted by Gasteiger charge is -2.07. The second kappa shape index (κ2) is 9.25. The third-order valence-corrected chi connectivity index (χ3v) is 4.16. The maximum atomic E-state index is 12.0. The van der Waals surface area contributed by atoms with Crippen molar-refractivity contribution in [3.05, 3.63) is 68.2 Å². The number of nitrogens with one attached hydrogen (secondary N) is 1. The molecule has 0 atom stereocenters. The largest absolute Gasteiger partial charge is 0.325 e. The van der Waals surface area contributed by atoms with Crippen molar-refractivity contribution in [3.63, 3.8) is 0 Å². The second-order valence-corrected chi connectivity index (χ2v) is 6.46. The minimum Gasteiger partial charge on any atom is -0.325 e. The van der Waals surface area contributed by atoms with E-state index in [2.05, 4.69) is 5.32 Å². The summed E-state index contributed by atoms with van der Waals surface area (Å²) in [6.07, 6.45) is -0.624. The summed E-state index contributed by atoms with van der Waals surface area (Å²) in [4.78, 5) is 45.9. The maximum Gasteiger partial charge on any atom is 0.269 e. The van der Waals surface area contributed by atoms with Gasteiger partial charge in [0.15, 0.2) is 5.78 Å². The van der Waals surface area contributed by atoms with E-state index in [-0.39, 0.29) is 30.5 Å². The number of hydrogen-bond acceptors (Lipinski definition) is 5. The van der Waals surface area contributed by atoms with Gasteiger partial charge >= 0.3 is 0 Å². The van der Waals surface area contributed by atoms with Gasteiger partial charge in [-0.1, -0.05) is 23.2 Å². The van der Waals surface area contributed by atoms with Gasteiger partial charge in [0, 0.05) is 35.6 Å². The molecule has 0 radical (unpaired) electrons. The highest BCUT2D eigenvalue weighted by atomic mass is 35.5. The Hall–Kier alpha value is -2.77. The van der Waals surface area contributed by atoms with Crippen molar-refractivity contribution in [1.29, 1.82) is 0 Å². The van der Waals surface area contributed by atoms with Crippen LogP contribution in [0.15, 0.2) is 42.5 Å². The van der Waals surface area contributed by atoms with Crippen LogP contribution in [0.4, 0.5) is 11.4 Å². The fourth-order valence-electron chi connectivity index (χ4n) is 2.20. The lowest BCUT2D eigenvalue weighted by Crippen LogP contribution is -2.15. The normalized spacial score (nSPS) is 10.3. The van der Waals surface area contributed by atoms with Gasteiger partial charge in [-0.05, 0) is 30.3 Å². The first-order valence-corrected chi connectivity index (χ1v) is 8.56. The molecule has 0 aliphatic carbocycles. The molecular weight excluding hydrogens is 395 g/mol. The van der Waals surface area contributed by atoms with E-state index in [1.807, 2.05) is 0 Å². The van der Waals surface area contributed by atoms with Crippen LogP contribution in [-0.2, 0) is 9.59 Å². The van der Waals surface area contributed by atoms with E-state index in [1.54, 1.807) is 6.07 Å². The fraction of sp³-hybridized carbons (Fsp3) is 0.167. The third-order valence-electron chi connectivity index (χ3n) is 3.59. The summed E-state index contributed by atoms with van der Waals surface area (Å²) in [6, 6.07) is 9.57. The summed E-state index contributed by atoms with van der Waals surface area (Å²) in [6.45, 7) is 0. The van der Waals surface area contributed by atoms with Gasteiger partial charge in [0.25, 0.3) is 5.69 Å². The molecule has 0 fully saturated rings. The highest BCUT2D eigenvalue weighted by Gasteiger charge is 2.15. The molecule has 1 N–H and O–H groups in total. The van der Waals surface area contributed by atoms with E-state index in [0.29, 0.717) is 15.7 Å². The Bertz CT molecular complexity index is 897. The van der Waals surface area contributed by atoms with Gasteiger partial charge in [0.1, 0.15) is 5.78 Å². The molecule has 0 aliphatic rings. The van der Waals surface area contributed by atoms with E-state index >= 15 is 0 Å². The number of nitro groups is 1. The quantitative estimate of drug-likeness (QED) is 0.300. The molecule has 140 valence electrons. The molecule has 7 nitrogen and oxygen atoms in total. The number of benzene rings is 2. The molecule has 0 aliphatic heterocycles. The number of nitrogens with zero attached hydrogens (tertiary/aromatic N) is 1. The van der Waals surface area contributed by atoms with E-state index in [9.17, 15) is 24.5 Å². The van der Waals surface area contributed by atoms with Gasteiger partial charge in [-0.25, -0.2) is 0 Å². The Morgan fingerprint density at radius 2 is 1.67 bits per heavy atom. The van der Waals surface area contributed by atoms with Crippen molar-refractivity contribution in [2.75, 3.05) is 5.32 Å². The highest BCUT2D eigenvalue weighted by molar-refractivity contribution is 6.35. The van der Waals surface area contributed by atoms with Gasteiger partial charge in [-0.3, -0.25) is 24.5 Å². The Kier molecular flexibility index (Phi) is 7.04. The molecular formula is C18H14Cl2N2O5. The van der Waals surface area contributed by atoms with Crippen molar-refractivity contribution >= 4 is 52.1 Å². The standard InChI is InChI=1S/C18H14Cl2N2O5/c19-12-3-7-15(20)16(9-12)21-18(25)8-6-14(23)10-17(24)11-1-4-13(5-2-11)22(26)27/h1-5,7,9H,6,8,10H2,(H,21,25). The van der Waals surface area contributed by atoms with Gasteiger partial charge in [-0.2, -0.15) is 0 Å². The molecule has 27 heavy (non-hydrogen) atoms. The zero-order valence-corrected chi connectivity index (χ0v) is 15.4. The zero-order valence-electron chi connectivity index (χ0n) is 13.9. The average Bonchev–Trinajstić information content (AvgIpc) is 2.63. The van der Waals surface area contributed by atoms with Crippen LogP contribution in [0.1, 0.15) is 29.6 Å². The number of halogens is 2. The van der Waals surface area contributed by atoms with Crippen molar-refractivity contribution in [2.24, 2.45) is 0 Å². The molecule has 2 aromatic rings. The zero-order chi connectivity index (χ0) is 20.0.